The van der Waals surface area contributed by atoms with Crippen LogP contribution in [0.1, 0.15) is 17.3 Å². The topological polar surface area (TPSA) is 77.2 Å². The number of carbonyl (C=O) groups excluding carboxylic acids is 1. The van der Waals surface area contributed by atoms with E-state index in [2.05, 4.69) is 26.2 Å². The third-order valence-corrected chi connectivity index (χ3v) is 3.08. The van der Waals surface area contributed by atoms with Gasteiger partial charge in [-0.05, 0) is 31.2 Å². The Kier molecular flexibility index (Phi) is 4.74. The summed E-state index contributed by atoms with van der Waals surface area (Å²) in [6.45, 7) is 1.92. The van der Waals surface area contributed by atoms with E-state index in [-0.39, 0.29) is 23.7 Å². The minimum absolute atomic E-state index is 0.152. The second kappa shape index (κ2) is 6.53. The Morgan fingerprint density at radius 2 is 2.24 bits per heavy atom. The number of carbonyl (C=O) groups is 1. The number of nitrogens with zero attached hydrogens (tertiary/aromatic N) is 1. The van der Waals surface area contributed by atoms with Crippen molar-refractivity contribution in [1.82, 2.24) is 4.98 Å². The number of benzene rings is 1. The van der Waals surface area contributed by atoms with E-state index in [1.54, 1.807) is 13.0 Å². The summed E-state index contributed by atoms with van der Waals surface area (Å²) in [6, 6.07) is 5.95. The van der Waals surface area contributed by atoms with Crippen LogP contribution in [0.15, 0.2) is 34.9 Å². The van der Waals surface area contributed by atoms with Crippen LogP contribution in [0.3, 0.4) is 0 Å². The summed E-state index contributed by atoms with van der Waals surface area (Å²) in [5, 5.41) is 2.77. The maximum absolute atomic E-state index is 13.8. The summed E-state index contributed by atoms with van der Waals surface area (Å²) in [7, 11) is 0. The lowest BCUT2D eigenvalue weighted by Crippen LogP contribution is -2.10. The number of hydrogen-bond donors (Lipinski definition) is 2. The number of nitrogens with two attached hydrogens (primary N) is 1. The van der Waals surface area contributed by atoms with Crippen molar-refractivity contribution >= 4 is 39.1 Å². The average molecular weight is 354 g/mol. The van der Waals surface area contributed by atoms with E-state index in [0.717, 1.165) is 0 Å². The molecule has 110 valence electrons. The molecule has 3 N–H and O–H groups in total. The fraction of sp³-hybridized carbons (Fsp3) is 0.143. The minimum Gasteiger partial charge on any atom is -0.462 e. The van der Waals surface area contributed by atoms with Gasteiger partial charge in [0.25, 0.3) is 0 Å². The molecule has 2 rings (SSSR count). The number of rotatable bonds is 4. The number of nitrogen functional groups attached to an aromatic ring is 1. The molecule has 1 aromatic heterocycles. The van der Waals surface area contributed by atoms with Gasteiger partial charge in [-0.25, -0.2) is 14.2 Å². The smallest absolute Gasteiger partial charge is 0.341 e. The van der Waals surface area contributed by atoms with E-state index in [1.807, 2.05) is 0 Å². The van der Waals surface area contributed by atoms with Gasteiger partial charge >= 0.3 is 5.97 Å². The number of aromatic nitrogens is 1. The summed E-state index contributed by atoms with van der Waals surface area (Å²) in [5.41, 5.74) is 6.29. The SMILES string of the molecule is CCOC(=O)c1cc(N)cnc1Nc1ccc(Br)cc1F. The van der Waals surface area contributed by atoms with Gasteiger partial charge in [0.1, 0.15) is 17.2 Å². The van der Waals surface area contributed by atoms with Gasteiger partial charge < -0.3 is 15.8 Å². The fourth-order valence-electron chi connectivity index (χ4n) is 1.66. The first-order chi connectivity index (χ1) is 10.0. The van der Waals surface area contributed by atoms with E-state index in [0.29, 0.717) is 10.2 Å². The van der Waals surface area contributed by atoms with Crippen molar-refractivity contribution in [3.05, 3.63) is 46.3 Å². The van der Waals surface area contributed by atoms with Crippen LogP contribution in [0.5, 0.6) is 0 Å². The molecule has 0 saturated heterocycles. The summed E-state index contributed by atoms with van der Waals surface area (Å²) in [4.78, 5) is 15.9. The first-order valence-electron chi connectivity index (χ1n) is 6.16. The molecular formula is C14H13BrFN3O2. The number of halogens is 2. The Bertz CT molecular complexity index is 679. The second-order valence-corrected chi connectivity index (χ2v) is 5.05. The van der Waals surface area contributed by atoms with Crippen LogP contribution >= 0.6 is 15.9 Å². The van der Waals surface area contributed by atoms with E-state index < -0.39 is 11.8 Å². The van der Waals surface area contributed by atoms with Gasteiger partial charge in [-0.15, -0.1) is 0 Å². The minimum atomic E-state index is -0.572. The molecule has 1 aromatic carbocycles. The molecule has 0 fully saturated rings. The van der Waals surface area contributed by atoms with Crippen LogP contribution in [-0.2, 0) is 4.74 Å². The molecule has 0 bridgehead atoms. The molecule has 0 aliphatic carbocycles. The molecule has 0 aliphatic rings. The summed E-state index contributed by atoms with van der Waals surface area (Å²) in [6.07, 6.45) is 1.38. The number of anilines is 3. The number of hydrogen-bond acceptors (Lipinski definition) is 5. The summed E-state index contributed by atoms with van der Waals surface area (Å²) < 4.78 is 19.4. The number of nitrogens with one attached hydrogen (secondary N) is 1. The van der Waals surface area contributed by atoms with Crippen molar-refractivity contribution in [2.45, 2.75) is 6.92 Å². The van der Waals surface area contributed by atoms with Gasteiger partial charge in [0.2, 0.25) is 0 Å². The molecule has 5 nitrogen and oxygen atoms in total. The Labute approximate surface area is 129 Å². The first-order valence-corrected chi connectivity index (χ1v) is 6.95. The van der Waals surface area contributed by atoms with Gasteiger partial charge in [-0.3, -0.25) is 0 Å². The van der Waals surface area contributed by atoms with Crippen molar-refractivity contribution in [3.8, 4) is 0 Å². The Morgan fingerprint density at radius 1 is 1.48 bits per heavy atom. The van der Waals surface area contributed by atoms with E-state index in [4.69, 9.17) is 10.5 Å². The summed E-state index contributed by atoms with van der Waals surface area (Å²) >= 11 is 3.18. The third kappa shape index (κ3) is 3.69. The van der Waals surface area contributed by atoms with Crippen molar-refractivity contribution < 1.29 is 13.9 Å². The highest BCUT2D eigenvalue weighted by Gasteiger charge is 2.16. The zero-order valence-corrected chi connectivity index (χ0v) is 12.8. The monoisotopic (exact) mass is 353 g/mol. The summed E-state index contributed by atoms with van der Waals surface area (Å²) in [5.74, 6) is -0.862. The van der Waals surface area contributed by atoms with Gasteiger partial charge in [0.05, 0.1) is 24.2 Å². The quantitative estimate of drug-likeness (QED) is 0.822. The van der Waals surface area contributed by atoms with Crippen molar-refractivity contribution in [3.63, 3.8) is 0 Å². The van der Waals surface area contributed by atoms with Crippen LogP contribution in [-0.4, -0.2) is 17.6 Å². The lowest BCUT2D eigenvalue weighted by atomic mass is 10.2. The van der Waals surface area contributed by atoms with Crippen molar-refractivity contribution in [2.75, 3.05) is 17.7 Å². The van der Waals surface area contributed by atoms with Crippen molar-refractivity contribution in [1.29, 1.82) is 0 Å². The molecule has 1 heterocycles. The highest BCUT2D eigenvalue weighted by Crippen LogP contribution is 2.25. The molecule has 0 saturated carbocycles. The standard InChI is InChI=1S/C14H13BrFN3O2/c1-2-21-14(20)10-6-9(17)7-18-13(10)19-12-4-3-8(15)5-11(12)16/h3-7H,2,17H2,1H3,(H,18,19). The maximum Gasteiger partial charge on any atom is 0.341 e. The van der Waals surface area contributed by atoms with Crippen LogP contribution in [0.2, 0.25) is 0 Å². The molecule has 21 heavy (non-hydrogen) atoms. The molecule has 0 atom stereocenters. The van der Waals surface area contributed by atoms with Crippen molar-refractivity contribution in [2.24, 2.45) is 0 Å². The Hall–Kier alpha value is -2.15. The second-order valence-electron chi connectivity index (χ2n) is 4.13. The predicted octanol–water partition coefficient (Wildman–Crippen LogP) is 3.49. The van der Waals surface area contributed by atoms with Gasteiger partial charge in [0.15, 0.2) is 0 Å². The maximum atomic E-state index is 13.8. The predicted molar refractivity (Wildman–Crippen MR) is 82.0 cm³/mol. The van der Waals surface area contributed by atoms with E-state index >= 15 is 0 Å². The van der Waals surface area contributed by atoms with Gasteiger partial charge in [-0.1, -0.05) is 15.9 Å². The largest absolute Gasteiger partial charge is 0.462 e. The Balaban J connectivity index is 2.37. The van der Waals surface area contributed by atoms with Crippen LogP contribution in [0, 0.1) is 5.82 Å². The zero-order valence-electron chi connectivity index (χ0n) is 11.2. The fourth-order valence-corrected chi connectivity index (χ4v) is 2.00. The lowest BCUT2D eigenvalue weighted by Gasteiger charge is -2.11. The number of ether oxygens (including phenoxy) is 1. The molecule has 0 amide bonds. The molecular weight excluding hydrogens is 341 g/mol. The van der Waals surface area contributed by atoms with E-state index in [1.165, 1.54) is 24.4 Å². The van der Waals surface area contributed by atoms with Crippen LogP contribution < -0.4 is 11.1 Å². The molecule has 0 aliphatic heterocycles. The lowest BCUT2D eigenvalue weighted by molar-refractivity contribution is 0.0527. The molecule has 0 spiro atoms. The molecule has 7 heteroatoms. The molecule has 0 unspecified atom stereocenters. The highest BCUT2D eigenvalue weighted by molar-refractivity contribution is 9.10. The third-order valence-electron chi connectivity index (χ3n) is 2.59. The zero-order chi connectivity index (χ0) is 15.4. The van der Waals surface area contributed by atoms with Gasteiger partial charge in [-0.2, -0.15) is 0 Å². The Morgan fingerprint density at radius 3 is 2.90 bits per heavy atom. The van der Waals surface area contributed by atoms with Gasteiger partial charge in [0, 0.05) is 4.47 Å². The molecule has 2 aromatic rings. The van der Waals surface area contributed by atoms with E-state index in [9.17, 15) is 9.18 Å². The van der Waals surface area contributed by atoms with Crippen LogP contribution in [0.4, 0.5) is 21.6 Å². The normalized spacial score (nSPS) is 10.2. The number of pyridine rings is 1. The molecule has 0 radical (unpaired) electrons. The highest BCUT2D eigenvalue weighted by atomic mass is 79.9. The van der Waals surface area contributed by atoms with Crippen LogP contribution in [0.25, 0.3) is 0 Å². The number of esters is 1. The first kappa shape index (κ1) is 15.2. The average Bonchev–Trinajstić information content (AvgIpc) is 2.43.